The predicted molar refractivity (Wildman–Crippen MR) is 102 cm³/mol. The quantitative estimate of drug-likeness (QED) is 0.722. The van der Waals surface area contributed by atoms with E-state index in [1.54, 1.807) is 18.4 Å². The van der Waals surface area contributed by atoms with Crippen LogP contribution in [0.1, 0.15) is 22.9 Å². The lowest BCUT2D eigenvalue weighted by Crippen LogP contribution is -2.37. The van der Waals surface area contributed by atoms with Crippen molar-refractivity contribution < 1.29 is 13.6 Å². The first-order valence-corrected chi connectivity index (χ1v) is 9.10. The van der Waals surface area contributed by atoms with Crippen LogP contribution in [-0.4, -0.2) is 19.0 Å². The second-order valence-electron chi connectivity index (χ2n) is 6.71. The number of amides is 1. The van der Waals surface area contributed by atoms with E-state index >= 15 is 0 Å². The molecule has 2 heterocycles. The summed E-state index contributed by atoms with van der Waals surface area (Å²) in [5.74, 6) is 0.434. The monoisotopic (exact) mass is 364 g/mol. The molecule has 0 saturated heterocycles. The molecule has 1 aromatic heterocycles. The summed E-state index contributed by atoms with van der Waals surface area (Å²) in [5, 5.41) is 3.01. The van der Waals surface area contributed by atoms with Crippen molar-refractivity contribution in [3.05, 3.63) is 89.6 Å². The Kier molecular flexibility index (Phi) is 4.92. The van der Waals surface area contributed by atoms with E-state index in [1.807, 2.05) is 18.2 Å². The van der Waals surface area contributed by atoms with Gasteiger partial charge in [0, 0.05) is 18.8 Å². The molecule has 1 atom stereocenters. The molecular formula is C22H21FN2O2. The van der Waals surface area contributed by atoms with Crippen LogP contribution < -0.4 is 10.2 Å². The fourth-order valence-corrected chi connectivity index (χ4v) is 3.59. The molecule has 138 valence electrons. The van der Waals surface area contributed by atoms with Crippen LogP contribution in [0.4, 0.5) is 10.1 Å². The van der Waals surface area contributed by atoms with Gasteiger partial charge in [-0.05, 0) is 47.9 Å². The van der Waals surface area contributed by atoms with Crippen molar-refractivity contribution >= 4 is 11.6 Å². The molecule has 4 rings (SSSR count). The van der Waals surface area contributed by atoms with Gasteiger partial charge in [-0.2, -0.15) is 0 Å². The summed E-state index contributed by atoms with van der Waals surface area (Å²) < 4.78 is 18.7. The predicted octanol–water partition coefficient (Wildman–Crippen LogP) is 3.88. The number of hydrogen-bond donors (Lipinski definition) is 1. The zero-order valence-electron chi connectivity index (χ0n) is 14.9. The topological polar surface area (TPSA) is 45.5 Å². The van der Waals surface area contributed by atoms with Crippen molar-refractivity contribution in [2.45, 2.75) is 18.9 Å². The summed E-state index contributed by atoms with van der Waals surface area (Å²) in [4.78, 5) is 14.7. The van der Waals surface area contributed by atoms with E-state index in [0.29, 0.717) is 6.54 Å². The summed E-state index contributed by atoms with van der Waals surface area (Å²) in [6.07, 6.45) is 2.86. The molecule has 0 fully saturated rings. The molecule has 27 heavy (non-hydrogen) atoms. The number of fused-ring (bicyclic) bond motifs is 1. The maximum absolute atomic E-state index is 13.0. The summed E-state index contributed by atoms with van der Waals surface area (Å²) in [7, 11) is 0. The summed E-state index contributed by atoms with van der Waals surface area (Å²) in [6.45, 7) is 1.33. The Labute approximate surface area is 157 Å². The van der Waals surface area contributed by atoms with Crippen LogP contribution in [0.3, 0.4) is 0 Å². The molecule has 5 heteroatoms. The minimum Gasteiger partial charge on any atom is -0.467 e. The largest absolute Gasteiger partial charge is 0.467 e. The van der Waals surface area contributed by atoms with E-state index in [1.165, 1.54) is 23.4 Å². The lowest BCUT2D eigenvalue weighted by Gasteiger charge is -2.29. The first-order chi connectivity index (χ1) is 13.2. The number of rotatable bonds is 6. The zero-order chi connectivity index (χ0) is 18.6. The molecule has 0 aliphatic carbocycles. The number of furan rings is 1. The number of nitrogens with zero attached hydrogens (tertiary/aromatic N) is 1. The number of halogens is 1. The van der Waals surface area contributed by atoms with Crippen molar-refractivity contribution in [1.29, 1.82) is 0 Å². The van der Waals surface area contributed by atoms with E-state index in [9.17, 15) is 9.18 Å². The Hall–Kier alpha value is -3.08. The number of carbonyl (C=O) groups excluding carboxylic acids is 1. The smallest absolute Gasteiger partial charge is 0.224 e. The number of nitrogens with one attached hydrogen (secondary N) is 1. The van der Waals surface area contributed by atoms with Crippen molar-refractivity contribution in [1.82, 2.24) is 5.32 Å². The maximum Gasteiger partial charge on any atom is 0.224 e. The van der Waals surface area contributed by atoms with Gasteiger partial charge in [-0.15, -0.1) is 0 Å². The molecule has 1 amide bonds. The minimum atomic E-state index is -0.301. The standard InChI is InChI=1S/C22H21FN2O2/c23-18-9-7-16(8-10-18)14-22(26)24-15-20(21-6-3-13-27-21)25-12-11-17-4-1-2-5-19(17)25/h1-10,13,20H,11-12,14-15H2,(H,24,26). The van der Waals surface area contributed by atoms with E-state index in [0.717, 1.165) is 24.3 Å². The van der Waals surface area contributed by atoms with Gasteiger partial charge in [0.05, 0.1) is 12.7 Å². The van der Waals surface area contributed by atoms with Gasteiger partial charge in [0.2, 0.25) is 5.91 Å². The molecule has 0 bridgehead atoms. The summed E-state index contributed by atoms with van der Waals surface area (Å²) in [5.41, 5.74) is 3.29. The molecule has 3 aromatic rings. The van der Waals surface area contributed by atoms with Gasteiger partial charge in [-0.1, -0.05) is 30.3 Å². The molecule has 1 aliphatic rings. The maximum atomic E-state index is 13.0. The third-order valence-electron chi connectivity index (χ3n) is 4.94. The number of benzene rings is 2. The van der Waals surface area contributed by atoms with E-state index in [-0.39, 0.29) is 24.2 Å². The van der Waals surface area contributed by atoms with Gasteiger partial charge in [-0.25, -0.2) is 4.39 Å². The zero-order valence-corrected chi connectivity index (χ0v) is 14.9. The van der Waals surface area contributed by atoms with Gasteiger partial charge in [0.15, 0.2) is 0 Å². The van der Waals surface area contributed by atoms with Gasteiger partial charge in [0.1, 0.15) is 17.6 Å². The number of hydrogen-bond acceptors (Lipinski definition) is 3. The molecule has 4 nitrogen and oxygen atoms in total. The second kappa shape index (κ2) is 7.66. The highest BCUT2D eigenvalue weighted by Gasteiger charge is 2.29. The van der Waals surface area contributed by atoms with Crippen LogP contribution in [0.15, 0.2) is 71.3 Å². The molecule has 1 N–H and O–H groups in total. The van der Waals surface area contributed by atoms with Crippen LogP contribution >= 0.6 is 0 Å². The van der Waals surface area contributed by atoms with Gasteiger partial charge < -0.3 is 14.6 Å². The highest BCUT2D eigenvalue weighted by atomic mass is 19.1. The normalized spacial score (nSPS) is 14.0. The SMILES string of the molecule is O=C(Cc1ccc(F)cc1)NCC(c1ccco1)N1CCc2ccccc21. The lowest BCUT2D eigenvalue weighted by atomic mass is 10.1. The number of anilines is 1. The molecule has 0 spiro atoms. The van der Waals surface area contributed by atoms with Gasteiger partial charge >= 0.3 is 0 Å². The van der Waals surface area contributed by atoms with E-state index < -0.39 is 0 Å². The molecule has 0 radical (unpaired) electrons. The Morgan fingerprint density at radius 2 is 1.93 bits per heavy atom. The Morgan fingerprint density at radius 3 is 2.70 bits per heavy atom. The van der Waals surface area contributed by atoms with Crippen LogP contribution in [0, 0.1) is 5.82 Å². The molecular weight excluding hydrogens is 343 g/mol. The van der Waals surface area contributed by atoms with E-state index in [4.69, 9.17) is 4.42 Å². The van der Waals surface area contributed by atoms with Crippen molar-refractivity contribution in [2.75, 3.05) is 18.0 Å². The average Bonchev–Trinajstić information content (AvgIpc) is 3.35. The molecule has 1 unspecified atom stereocenters. The Morgan fingerprint density at radius 1 is 1.11 bits per heavy atom. The second-order valence-corrected chi connectivity index (χ2v) is 6.71. The van der Waals surface area contributed by atoms with Gasteiger partial charge in [0.25, 0.3) is 0 Å². The van der Waals surface area contributed by atoms with Crippen LogP contribution in [0.25, 0.3) is 0 Å². The van der Waals surface area contributed by atoms with E-state index in [2.05, 4.69) is 28.4 Å². The van der Waals surface area contributed by atoms with Crippen LogP contribution in [-0.2, 0) is 17.6 Å². The van der Waals surface area contributed by atoms with Crippen molar-refractivity contribution in [3.8, 4) is 0 Å². The fraction of sp³-hybridized carbons (Fsp3) is 0.227. The van der Waals surface area contributed by atoms with Crippen molar-refractivity contribution in [2.24, 2.45) is 0 Å². The average molecular weight is 364 g/mol. The summed E-state index contributed by atoms with van der Waals surface area (Å²) >= 11 is 0. The Balaban J connectivity index is 1.46. The van der Waals surface area contributed by atoms with Crippen LogP contribution in [0.5, 0.6) is 0 Å². The molecule has 2 aromatic carbocycles. The number of carbonyl (C=O) groups is 1. The first-order valence-electron chi connectivity index (χ1n) is 9.10. The first kappa shape index (κ1) is 17.3. The third kappa shape index (κ3) is 3.87. The Bertz CT molecular complexity index is 906. The van der Waals surface area contributed by atoms with Crippen LogP contribution in [0.2, 0.25) is 0 Å². The minimum absolute atomic E-state index is 0.0687. The highest BCUT2D eigenvalue weighted by Crippen LogP contribution is 2.34. The third-order valence-corrected chi connectivity index (χ3v) is 4.94. The van der Waals surface area contributed by atoms with Crippen molar-refractivity contribution in [3.63, 3.8) is 0 Å². The lowest BCUT2D eigenvalue weighted by molar-refractivity contribution is -0.120. The highest BCUT2D eigenvalue weighted by molar-refractivity contribution is 5.78. The van der Waals surface area contributed by atoms with Gasteiger partial charge in [-0.3, -0.25) is 4.79 Å². The molecule has 0 saturated carbocycles. The summed E-state index contributed by atoms with van der Waals surface area (Å²) in [6, 6.07) is 18.1. The molecule has 1 aliphatic heterocycles. The fourth-order valence-electron chi connectivity index (χ4n) is 3.59. The number of para-hydroxylation sites is 1.